The molecule has 0 aliphatic carbocycles. The number of nitrogens with zero attached hydrogens (tertiary/aromatic N) is 3. The van der Waals surface area contributed by atoms with Crippen LogP contribution in [-0.2, 0) is 0 Å². The Labute approximate surface area is 136 Å². The van der Waals surface area contributed by atoms with Gasteiger partial charge in [0.2, 0.25) is 5.88 Å². The first-order chi connectivity index (χ1) is 10.7. The lowest BCUT2D eigenvalue weighted by molar-refractivity contribution is 0.460. The minimum atomic E-state index is 0.305. The number of halogens is 1. The molecule has 0 bridgehead atoms. The van der Waals surface area contributed by atoms with Crippen LogP contribution in [0.3, 0.4) is 0 Å². The number of nitrogen functional groups attached to an aromatic ring is 1. The number of pyridine rings is 1. The quantitative estimate of drug-likeness (QED) is 0.727. The zero-order valence-electron chi connectivity index (χ0n) is 11.3. The van der Waals surface area contributed by atoms with E-state index < -0.39 is 0 Å². The van der Waals surface area contributed by atoms with Crippen LogP contribution in [0.1, 0.15) is 0 Å². The molecule has 0 amide bonds. The van der Waals surface area contributed by atoms with E-state index in [1.54, 1.807) is 24.5 Å². The molecule has 1 aromatic carbocycles. The van der Waals surface area contributed by atoms with Gasteiger partial charge in [-0.15, -0.1) is 0 Å². The number of rotatable bonds is 4. The van der Waals surface area contributed by atoms with Crippen molar-refractivity contribution in [1.29, 1.82) is 0 Å². The van der Waals surface area contributed by atoms with E-state index in [0.717, 1.165) is 4.90 Å². The van der Waals surface area contributed by atoms with E-state index in [4.69, 9.17) is 22.1 Å². The van der Waals surface area contributed by atoms with E-state index in [1.165, 1.54) is 18.1 Å². The van der Waals surface area contributed by atoms with Gasteiger partial charge in [0.05, 0.1) is 6.20 Å². The molecule has 2 N–H and O–H groups in total. The molecular formula is C15H11ClN4OS. The van der Waals surface area contributed by atoms with E-state index >= 15 is 0 Å². The van der Waals surface area contributed by atoms with Crippen LogP contribution in [0.5, 0.6) is 11.6 Å². The maximum Gasteiger partial charge on any atom is 0.247 e. The second kappa shape index (κ2) is 6.64. The minimum absolute atomic E-state index is 0.305. The highest BCUT2D eigenvalue weighted by atomic mass is 35.5. The van der Waals surface area contributed by atoms with Gasteiger partial charge in [-0.1, -0.05) is 23.4 Å². The number of benzene rings is 1. The van der Waals surface area contributed by atoms with E-state index in [9.17, 15) is 0 Å². The van der Waals surface area contributed by atoms with Gasteiger partial charge < -0.3 is 10.5 Å². The van der Waals surface area contributed by atoms with Gasteiger partial charge in [-0.3, -0.25) is 4.98 Å². The Balaban J connectivity index is 1.84. The van der Waals surface area contributed by atoms with Crippen molar-refractivity contribution in [3.8, 4) is 11.6 Å². The third kappa shape index (κ3) is 3.47. The van der Waals surface area contributed by atoms with Gasteiger partial charge in [-0.2, -0.15) is 4.98 Å². The lowest BCUT2D eigenvalue weighted by Gasteiger charge is -2.09. The molecule has 7 heteroatoms. The van der Waals surface area contributed by atoms with Crippen LogP contribution in [0, 0.1) is 0 Å². The highest BCUT2D eigenvalue weighted by Gasteiger charge is 2.11. The zero-order chi connectivity index (χ0) is 15.4. The van der Waals surface area contributed by atoms with E-state index in [0.29, 0.717) is 27.4 Å². The summed E-state index contributed by atoms with van der Waals surface area (Å²) >= 11 is 7.29. The summed E-state index contributed by atoms with van der Waals surface area (Å²) in [6.45, 7) is 0. The number of aromatic nitrogens is 3. The molecule has 5 nitrogen and oxygen atoms in total. The Bertz CT molecular complexity index is 768. The van der Waals surface area contributed by atoms with Crippen LogP contribution < -0.4 is 10.5 Å². The molecule has 0 fully saturated rings. The normalized spacial score (nSPS) is 10.4. The standard InChI is InChI=1S/C15H11ClN4OS/c16-10-3-5-12(6-4-10)22-15-13(17)14(19-9-20-15)21-11-2-1-7-18-8-11/h1-9H,17H2. The fourth-order valence-corrected chi connectivity index (χ4v) is 2.58. The van der Waals surface area contributed by atoms with Crippen molar-refractivity contribution in [3.63, 3.8) is 0 Å². The summed E-state index contributed by atoms with van der Waals surface area (Å²) in [5, 5.41) is 1.30. The van der Waals surface area contributed by atoms with Crippen molar-refractivity contribution in [2.75, 3.05) is 5.73 Å². The molecule has 0 unspecified atom stereocenters. The number of nitrogens with two attached hydrogens (primary N) is 1. The molecular weight excluding hydrogens is 320 g/mol. The van der Waals surface area contributed by atoms with Gasteiger partial charge >= 0.3 is 0 Å². The summed E-state index contributed by atoms with van der Waals surface area (Å²) in [6.07, 6.45) is 4.67. The average molecular weight is 331 g/mol. The molecule has 0 saturated heterocycles. The molecule has 22 heavy (non-hydrogen) atoms. The lowest BCUT2D eigenvalue weighted by Crippen LogP contribution is -1.99. The summed E-state index contributed by atoms with van der Waals surface area (Å²) in [5.41, 5.74) is 6.47. The molecule has 0 spiro atoms. The molecule has 2 heterocycles. The van der Waals surface area contributed by atoms with Crippen molar-refractivity contribution in [1.82, 2.24) is 15.0 Å². The first-order valence-electron chi connectivity index (χ1n) is 6.34. The second-order valence-electron chi connectivity index (χ2n) is 4.24. The smallest absolute Gasteiger partial charge is 0.247 e. The van der Waals surface area contributed by atoms with Gasteiger partial charge in [0.1, 0.15) is 22.8 Å². The number of anilines is 1. The monoisotopic (exact) mass is 330 g/mol. The Kier molecular flexibility index (Phi) is 4.41. The molecule has 3 aromatic rings. The summed E-state index contributed by atoms with van der Waals surface area (Å²) in [6, 6.07) is 11.0. The fourth-order valence-electron chi connectivity index (χ4n) is 1.66. The molecule has 0 aliphatic rings. The molecule has 0 aliphatic heterocycles. The Hall–Kier alpha value is -2.31. The van der Waals surface area contributed by atoms with Crippen LogP contribution in [0.15, 0.2) is 65.0 Å². The summed E-state index contributed by atoms with van der Waals surface area (Å²) in [7, 11) is 0. The minimum Gasteiger partial charge on any atom is -0.435 e. The maximum atomic E-state index is 6.09. The van der Waals surface area contributed by atoms with Crippen LogP contribution >= 0.6 is 23.4 Å². The van der Waals surface area contributed by atoms with E-state index in [2.05, 4.69) is 15.0 Å². The van der Waals surface area contributed by atoms with Crippen molar-refractivity contribution in [2.45, 2.75) is 9.92 Å². The Morgan fingerprint density at radius 1 is 1.09 bits per heavy atom. The third-order valence-electron chi connectivity index (χ3n) is 2.69. The molecule has 2 aromatic heterocycles. The highest BCUT2D eigenvalue weighted by Crippen LogP contribution is 2.35. The average Bonchev–Trinajstić information content (AvgIpc) is 2.54. The van der Waals surface area contributed by atoms with Crippen molar-refractivity contribution >= 4 is 29.1 Å². The Morgan fingerprint density at radius 2 is 1.91 bits per heavy atom. The summed E-state index contributed by atoms with van der Waals surface area (Å²) in [5.74, 6) is 0.870. The van der Waals surface area contributed by atoms with Gasteiger partial charge in [-0.25, -0.2) is 4.98 Å². The van der Waals surface area contributed by atoms with Crippen LogP contribution in [-0.4, -0.2) is 15.0 Å². The van der Waals surface area contributed by atoms with Gasteiger partial charge in [0.15, 0.2) is 0 Å². The predicted octanol–water partition coefficient (Wildman–Crippen LogP) is 4.05. The largest absolute Gasteiger partial charge is 0.435 e. The Morgan fingerprint density at radius 3 is 2.64 bits per heavy atom. The second-order valence-corrected chi connectivity index (χ2v) is 5.74. The molecule has 110 valence electrons. The molecule has 3 rings (SSSR count). The first kappa shape index (κ1) is 14.6. The van der Waals surface area contributed by atoms with Crippen molar-refractivity contribution in [3.05, 3.63) is 60.1 Å². The summed E-state index contributed by atoms with van der Waals surface area (Å²) in [4.78, 5) is 13.2. The van der Waals surface area contributed by atoms with Gasteiger partial charge in [0.25, 0.3) is 0 Å². The number of ether oxygens (including phenoxy) is 1. The van der Waals surface area contributed by atoms with Gasteiger partial charge in [-0.05, 0) is 36.4 Å². The van der Waals surface area contributed by atoms with Gasteiger partial charge in [0, 0.05) is 16.1 Å². The fraction of sp³-hybridized carbons (Fsp3) is 0. The summed E-state index contributed by atoms with van der Waals surface area (Å²) < 4.78 is 5.63. The van der Waals surface area contributed by atoms with Crippen molar-refractivity contribution in [2.24, 2.45) is 0 Å². The lowest BCUT2D eigenvalue weighted by atomic mass is 10.4. The number of hydrogen-bond acceptors (Lipinski definition) is 6. The molecule has 0 atom stereocenters. The maximum absolute atomic E-state index is 6.09. The van der Waals surface area contributed by atoms with E-state index in [-0.39, 0.29) is 0 Å². The SMILES string of the molecule is Nc1c(Oc2cccnc2)ncnc1Sc1ccc(Cl)cc1. The van der Waals surface area contributed by atoms with E-state index in [1.807, 2.05) is 24.3 Å². The van der Waals surface area contributed by atoms with Crippen LogP contribution in [0.4, 0.5) is 5.69 Å². The van der Waals surface area contributed by atoms with Crippen LogP contribution in [0.25, 0.3) is 0 Å². The number of hydrogen-bond donors (Lipinski definition) is 1. The first-order valence-corrected chi connectivity index (χ1v) is 7.53. The zero-order valence-corrected chi connectivity index (χ0v) is 12.9. The highest BCUT2D eigenvalue weighted by molar-refractivity contribution is 7.99. The molecule has 0 saturated carbocycles. The topological polar surface area (TPSA) is 73.9 Å². The van der Waals surface area contributed by atoms with Crippen LogP contribution in [0.2, 0.25) is 5.02 Å². The third-order valence-corrected chi connectivity index (χ3v) is 3.97. The van der Waals surface area contributed by atoms with Crippen molar-refractivity contribution < 1.29 is 4.74 Å². The predicted molar refractivity (Wildman–Crippen MR) is 86.3 cm³/mol. The molecule has 0 radical (unpaired) electrons.